The molecule has 0 radical (unpaired) electrons. The number of furan rings is 1. The van der Waals surface area contributed by atoms with Gasteiger partial charge in [-0.2, -0.15) is 0 Å². The van der Waals surface area contributed by atoms with Gasteiger partial charge in [-0.3, -0.25) is 0 Å². The normalized spacial score (nSPS) is 29.0. The highest BCUT2D eigenvalue weighted by molar-refractivity contribution is 6.98. The van der Waals surface area contributed by atoms with E-state index in [0.29, 0.717) is 10.8 Å². The van der Waals surface area contributed by atoms with Crippen LogP contribution in [-0.2, 0) is 17.3 Å². The zero-order valence-corrected chi connectivity index (χ0v) is 29.5. The van der Waals surface area contributed by atoms with Crippen molar-refractivity contribution in [3.8, 4) is 0 Å². The summed E-state index contributed by atoms with van der Waals surface area (Å²) in [5.74, 6) is 2.90. The van der Waals surface area contributed by atoms with Crippen molar-refractivity contribution < 1.29 is 4.42 Å². The maximum absolute atomic E-state index is 7.18. The van der Waals surface area contributed by atoms with Crippen LogP contribution in [-0.4, -0.2) is 6.71 Å². The standard InChI is InChI=1S/C45H46BNO/c1-7-8-11-28-14-16-36(33(20-28)44-23-30-21-29-22-31(24-44)45(29,30)44)47-37-19-26(3)17-34-40(37)46(35-18-25(2)13-15-32(35)43(34,5)6)42-41(47)39-27(4)10-9-12-38(39)48-42/h9-10,12-20,29-31H,7-8,11,21-24H2,1-6H3. The number of fused-ring (bicyclic) bond motifs is 6. The molecule has 6 aliphatic rings. The van der Waals surface area contributed by atoms with Gasteiger partial charge in [-0.15, -0.1) is 0 Å². The van der Waals surface area contributed by atoms with Crippen LogP contribution in [0.25, 0.3) is 11.0 Å². The molecule has 0 N–H and O–H groups in total. The minimum Gasteiger partial charge on any atom is -0.468 e. The van der Waals surface area contributed by atoms with E-state index in [4.69, 9.17) is 4.42 Å². The average molecular weight is 628 g/mol. The first kappa shape index (κ1) is 28.2. The molecule has 48 heavy (non-hydrogen) atoms. The van der Waals surface area contributed by atoms with Crippen molar-refractivity contribution in [1.29, 1.82) is 0 Å². The van der Waals surface area contributed by atoms with Gasteiger partial charge >= 0.3 is 0 Å². The zero-order chi connectivity index (χ0) is 32.5. The van der Waals surface area contributed by atoms with Crippen LogP contribution in [0.4, 0.5) is 17.1 Å². The minimum atomic E-state index is -0.112. The quantitative estimate of drug-likeness (QED) is 0.177. The van der Waals surface area contributed by atoms with E-state index in [9.17, 15) is 0 Å². The van der Waals surface area contributed by atoms with E-state index in [1.165, 1.54) is 112 Å². The smallest absolute Gasteiger partial charge is 0.293 e. The third-order valence-corrected chi connectivity index (χ3v) is 14.9. The molecule has 0 saturated heterocycles. The number of anilines is 3. The summed E-state index contributed by atoms with van der Waals surface area (Å²) in [7, 11) is 0. The van der Waals surface area contributed by atoms with E-state index in [1.54, 1.807) is 5.56 Å². The fourth-order valence-electron chi connectivity index (χ4n) is 13.0. The molecule has 2 unspecified atom stereocenters. The van der Waals surface area contributed by atoms with Gasteiger partial charge in [0.2, 0.25) is 0 Å². The Kier molecular flexibility index (Phi) is 5.22. The summed E-state index contributed by atoms with van der Waals surface area (Å²) in [5.41, 5.74) is 19.9. The third kappa shape index (κ3) is 2.99. The van der Waals surface area contributed by atoms with Crippen molar-refractivity contribution in [2.45, 2.75) is 97.3 Å². The molecule has 3 heteroatoms. The fourth-order valence-corrected chi connectivity index (χ4v) is 13.0. The monoisotopic (exact) mass is 627 g/mol. The van der Waals surface area contributed by atoms with E-state index in [1.807, 2.05) is 0 Å². The number of aryl methyl sites for hydroxylation is 4. The summed E-state index contributed by atoms with van der Waals surface area (Å²) < 4.78 is 7.18. The van der Waals surface area contributed by atoms with E-state index >= 15 is 0 Å². The van der Waals surface area contributed by atoms with Gasteiger partial charge in [0.1, 0.15) is 5.58 Å². The number of unbranched alkanes of at least 4 members (excludes halogenated alkanes) is 1. The molecule has 1 aromatic heterocycles. The van der Waals surface area contributed by atoms with E-state index < -0.39 is 0 Å². The molecule has 2 atom stereocenters. The van der Waals surface area contributed by atoms with Crippen LogP contribution < -0.4 is 21.5 Å². The van der Waals surface area contributed by atoms with Crippen LogP contribution in [0.3, 0.4) is 0 Å². The highest BCUT2D eigenvalue weighted by atomic mass is 16.3. The molecule has 1 spiro atoms. The second-order valence-corrected chi connectivity index (χ2v) is 17.4. The predicted octanol–water partition coefficient (Wildman–Crippen LogP) is 9.33. The van der Waals surface area contributed by atoms with Crippen LogP contribution in [0.5, 0.6) is 0 Å². The van der Waals surface area contributed by atoms with Gasteiger partial charge in [0.25, 0.3) is 6.71 Å². The Hall–Kier alpha value is -3.72. The lowest BCUT2D eigenvalue weighted by atomic mass is 9.12. The molecule has 3 heterocycles. The summed E-state index contributed by atoms with van der Waals surface area (Å²) in [6.07, 6.45) is 9.43. The Balaban J connectivity index is 1.24. The molecular weight excluding hydrogens is 581 g/mol. The molecule has 240 valence electrons. The lowest BCUT2D eigenvalue weighted by Crippen LogP contribution is -2.87. The van der Waals surface area contributed by atoms with Crippen molar-refractivity contribution in [3.05, 3.63) is 106 Å². The van der Waals surface area contributed by atoms with Crippen molar-refractivity contribution in [2.75, 3.05) is 4.90 Å². The molecule has 0 bridgehead atoms. The molecule has 11 rings (SSSR count). The first-order chi connectivity index (χ1) is 23.2. The van der Waals surface area contributed by atoms with Gasteiger partial charge in [0.15, 0.2) is 0 Å². The lowest BCUT2D eigenvalue weighted by Gasteiger charge is -2.91. The number of benzene rings is 4. The van der Waals surface area contributed by atoms with Gasteiger partial charge in [-0.25, -0.2) is 0 Å². The summed E-state index contributed by atoms with van der Waals surface area (Å²) in [6.45, 7) is 14.1. The molecule has 4 fully saturated rings. The molecule has 0 amide bonds. The van der Waals surface area contributed by atoms with Gasteiger partial charge in [-0.05, 0) is 140 Å². The van der Waals surface area contributed by atoms with Gasteiger partial charge in [0.05, 0.1) is 17.0 Å². The first-order valence-electron chi connectivity index (χ1n) is 18.9. The van der Waals surface area contributed by atoms with E-state index in [0.717, 1.165) is 29.0 Å². The van der Waals surface area contributed by atoms with Crippen molar-refractivity contribution >= 4 is 51.3 Å². The van der Waals surface area contributed by atoms with Crippen LogP contribution in [0, 0.1) is 43.9 Å². The average Bonchev–Trinajstić information content (AvgIpc) is 3.41. The van der Waals surface area contributed by atoms with Crippen LogP contribution in [0.2, 0.25) is 0 Å². The van der Waals surface area contributed by atoms with Gasteiger partial charge < -0.3 is 9.32 Å². The number of hydrogen-bond acceptors (Lipinski definition) is 2. The predicted molar refractivity (Wildman–Crippen MR) is 200 cm³/mol. The topological polar surface area (TPSA) is 16.4 Å². The van der Waals surface area contributed by atoms with Crippen molar-refractivity contribution in [2.24, 2.45) is 23.2 Å². The molecular formula is C45H46BNO. The highest BCUT2D eigenvalue weighted by Gasteiger charge is 2.88. The SMILES string of the molecule is CCCCc1ccc(N2c3cc(C)cc4c3B(c3cc(C)ccc3C4(C)C)c3oc4cccc(C)c4c32)c(C23CC4CC5CC(C2)C543)c1. The Morgan fingerprint density at radius 1 is 0.812 bits per heavy atom. The maximum atomic E-state index is 7.18. The summed E-state index contributed by atoms with van der Waals surface area (Å²) in [5, 5.41) is 1.28. The molecule has 4 aromatic carbocycles. The molecule has 4 saturated carbocycles. The van der Waals surface area contributed by atoms with Crippen LogP contribution in [0.1, 0.15) is 98.2 Å². The Bertz CT molecular complexity index is 2230. The lowest BCUT2D eigenvalue weighted by molar-refractivity contribution is -0.395. The molecule has 2 aliphatic heterocycles. The van der Waals surface area contributed by atoms with Crippen LogP contribution >= 0.6 is 0 Å². The summed E-state index contributed by atoms with van der Waals surface area (Å²) in [6, 6.07) is 26.5. The third-order valence-electron chi connectivity index (χ3n) is 14.9. The second kappa shape index (κ2) is 8.89. The van der Waals surface area contributed by atoms with E-state index in [-0.39, 0.29) is 12.1 Å². The Morgan fingerprint density at radius 2 is 1.62 bits per heavy atom. The Labute approximate surface area is 286 Å². The maximum Gasteiger partial charge on any atom is 0.293 e. The minimum absolute atomic E-state index is 0.0735. The Morgan fingerprint density at radius 3 is 2.38 bits per heavy atom. The zero-order valence-electron chi connectivity index (χ0n) is 29.5. The highest BCUT2D eigenvalue weighted by Crippen LogP contribution is 2.93. The second-order valence-electron chi connectivity index (χ2n) is 17.4. The number of nitrogens with zero attached hydrogens (tertiary/aromatic N) is 1. The van der Waals surface area contributed by atoms with E-state index in [2.05, 4.69) is 113 Å². The molecule has 2 nitrogen and oxygen atoms in total. The fraction of sp³-hybridized carbons (Fsp3) is 0.422. The molecule has 4 aliphatic carbocycles. The summed E-state index contributed by atoms with van der Waals surface area (Å²) >= 11 is 0. The number of hydrogen-bond donors (Lipinski definition) is 0. The first-order valence-corrected chi connectivity index (χ1v) is 18.9. The molecule has 5 aromatic rings. The number of rotatable bonds is 5. The van der Waals surface area contributed by atoms with Crippen molar-refractivity contribution in [3.63, 3.8) is 0 Å². The summed E-state index contributed by atoms with van der Waals surface area (Å²) in [4.78, 5) is 2.73. The van der Waals surface area contributed by atoms with Crippen molar-refractivity contribution in [1.82, 2.24) is 0 Å². The van der Waals surface area contributed by atoms with Gasteiger partial charge in [0, 0.05) is 21.9 Å². The van der Waals surface area contributed by atoms with Gasteiger partial charge in [-0.1, -0.05) is 86.7 Å². The van der Waals surface area contributed by atoms with Crippen LogP contribution in [0.15, 0.2) is 71.1 Å². The largest absolute Gasteiger partial charge is 0.468 e.